The molecule has 0 heterocycles. The summed E-state index contributed by atoms with van der Waals surface area (Å²) in [5.41, 5.74) is 0.650. The van der Waals surface area contributed by atoms with E-state index in [9.17, 15) is 9.18 Å². The van der Waals surface area contributed by atoms with Crippen molar-refractivity contribution >= 4 is 11.6 Å². The number of aliphatic hydroxyl groups excluding tert-OH is 1. The van der Waals surface area contributed by atoms with Gasteiger partial charge in [0, 0.05) is 12.0 Å². The van der Waals surface area contributed by atoms with Crippen molar-refractivity contribution in [3.63, 3.8) is 0 Å². The lowest BCUT2D eigenvalue weighted by molar-refractivity contribution is -0.116. The Hall–Kier alpha value is -1.86. The van der Waals surface area contributed by atoms with Crippen LogP contribution in [0.25, 0.3) is 0 Å². The van der Waals surface area contributed by atoms with Crippen LogP contribution in [0.2, 0.25) is 0 Å². The molecular weight excluding hydrogens is 233 g/mol. The third-order valence-electron chi connectivity index (χ3n) is 2.73. The molecule has 0 saturated heterocycles. The van der Waals surface area contributed by atoms with Gasteiger partial charge in [0.2, 0.25) is 5.91 Å². The smallest absolute Gasteiger partial charge is 0.224 e. The Kier molecular flexibility index (Phi) is 3.96. The van der Waals surface area contributed by atoms with Crippen LogP contribution in [-0.4, -0.2) is 17.6 Å². The Bertz CT molecular complexity index is 512. The molecule has 1 aliphatic rings. The number of nitrogens with one attached hydrogen (secondary N) is 1. The number of benzene rings is 1. The molecule has 0 atom stereocenters. The molecular formula is C14H14FNO2. The van der Waals surface area contributed by atoms with E-state index in [0.717, 1.165) is 12.8 Å². The Labute approximate surface area is 105 Å². The fraction of sp³-hybridized carbons (Fsp3) is 0.357. The first kappa shape index (κ1) is 12.6. The van der Waals surface area contributed by atoms with Crippen molar-refractivity contribution in [3.05, 3.63) is 29.6 Å². The summed E-state index contributed by atoms with van der Waals surface area (Å²) in [6.45, 7) is -0.262. The topological polar surface area (TPSA) is 49.3 Å². The van der Waals surface area contributed by atoms with E-state index in [4.69, 9.17) is 5.11 Å². The van der Waals surface area contributed by atoms with E-state index in [1.54, 1.807) is 6.07 Å². The van der Waals surface area contributed by atoms with E-state index in [0.29, 0.717) is 17.9 Å². The van der Waals surface area contributed by atoms with Crippen molar-refractivity contribution in [2.24, 2.45) is 5.92 Å². The van der Waals surface area contributed by atoms with Gasteiger partial charge in [-0.15, -0.1) is 0 Å². The molecule has 1 aromatic carbocycles. The minimum absolute atomic E-state index is 0.148. The highest BCUT2D eigenvalue weighted by Crippen LogP contribution is 2.32. The minimum Gasteiger partial charge on any atom is -0.384 e. The standard InChI is InChI=1S/C14H14FNO2/c15-12-8-10(2-1-7-17)5-6-13(12)16-14(18)9-11-3-4-11/h5-6,8,11,17H,3-4,7,9H2,(H,16,18). The molecule has 3 nitrogen and oxygen atoms in total. The third-order valence-corrected chi connectivity index (χ3v) is 2.73. The van der Waals surface area contributed by atoms with Crippen molar-refractivity contribution in [1.29, 1.82) is 0 Å². The molecule has 4 heteroatoms. The molecule has 94 valence electrons. The summed E-state index contributed by atoms with van der Waals surface area (Å²) >= 11 is 0. The maximum Gasteiger partial charge on any atom is 0.224 e. The van der Waals surface area contributed by atoms with Crippen LogP contribution in [0, 0.1) is 23.6 Å². The second-order valence-electron chi connectivity index (χ2n) is 4.35. The fourth-order valence-electron chi connectivity index (χ4n) is 1.62. The quantitative estimate of drug-likeness (QED) is 0.801. The number of rotatable bonds is 3. The fourth-order valence-corrected chi connectivity index (χ4v) is 1.62. The van der Waals surface area contributed by atoms with Crippen molar-refractivity contribution < 1.29 is 14.3 Å². The van der Waals surface area contributed by atoms with Crippen molar-refractivity contribution in [1.82, 2.24) is 0 Å². The molecule has 0 unspecified atom stereocenters. The lowest BCUT2D eigenvalue weighted by Crippen LogP contribution is -2.13. The molecule has 0 aromatic heterocycles. The first-order chi connectivity index (χ1) is 8.69. The van der Waals surface area contributed by atoms with E-state index >= 15 is 0 Å². The number of hydrogen-bond donors (Lipinski definition) is 2. The van der Waals surface area contributed by atoms with E-state index in [1.807, 2.05) is 0 Å². The SMILES string of the molecule is O=C(CC1CC1)Nc1ccc(C#CCO)cc1F. The second-order valence-corrected chi connectivity index (χ2v) is 4.35. The van der Waals surface area contributed by atoms with Crippen molar-refractivity contribution in [3.8, 4) is 11.8 Å². The maximum absolute atomic E-state index is 13.6. The minimum atomic E-state index is -0.510. The molecule has 1 amide bonds. The van der Waals surface area contributed by atoms with E-state index in [1.165, 1.54) is 12.1 Å². The van der Waals surface area contributed by atoms with Crippen LogP contribution in [0.4, 0.5) is 10.1 Å². The predicted molar refractivity (Wildman–Crippen MR) is 66.3 cm³/mol. The molecule has 2 rings (SSSR count). The van der Waals surface area contributed by atoms with E-state index in [-0.39, 0.29) is 18.2 Å². The Morgan fingerprint density at radius 3 is 2.89 bits per heavy atom. The zero-order valence-electron chi connectivity index (χ0n) is 9.87. The molecule has 1 saturated carbocycles. The van der Waals surface area contributed by atoms with Gasteiger partial charge in [-0.25, -0.2) is 4.39 Å². The summed E-state index contributed by atoms with van der Waals surface area (Å²) < 4.78 is 13.6. The normalized spacial score (nSPS) is 13.7. The molecule has 1 fully saturated rings. The summed E-state index contributed by atoms with van der Waals surface area (Å²) in [6, 6.07) is 4.34. The van der Waals surface area contributed by atoms with Gasteiger partial charge in [-0.05, 0) is 37.0 Å². The van der Waals surface area contributed by atoms with E-state index < -0.39 is 5.82 Å². The zero-order valence-corrected chi connectivity index (χ0v) is 9.87. The van der Waals surface area contributed by atoms with Gasteiger partial charge in [0.15, 0.2) is 0 Å². The predicted octanol–water partition coefficient (Wildman–Crippen LogP) is 1.91. The highest BCUT2D eigenvalue weighted by Gasteiger charge is 2.24. The Balaban J connectivity index is 2.01. The summed E-state index contributed by atoms with van der Waals surface area (Å²) in [7, 11) is 0. The van der Waals surface area contributed by atoms with Crippen LogP contribution in [0.1, 0.15) is 24.8 Å². The van der Waals surface area contributed by atoms with Crippen LogP contribution < -0.4 is 5.32 Å². The van der Waals surface area contributed by atoms with Crippen LogP contribution in [0.15, 0.2) is 18.2 Å². The monoisotopic (exact) mass is 247 g/mol. The average Bonchev–Trinajstić information content (AvgIpc) is 3.13. The van der Waals surface area contributed by atoms with Gasteiger partial charge in [-0.1, -0.05) is 11.8 Å². The van der Waals surface area contributed by atoms with Gasteiger partial charge in [0.05, 0.1) is 5.69 Å². The first-order valence-electron chi connectivity index (χ1n) is 5.88. The number of aliphatic hydroxyl groups is 1. The van der Waals surface area contributed by atoms with E-state index in [2.05, 4.69) is 17.2 Å². The van der Waals surface area contributed by atoms with Crippen LogP contribution >= 0.6 is 0 Å². The number of hydrogen-bond acceptors (Lipinski definition) is 2. The summed E-state index contributed by atoms with van der Waals surface area (Å²) in [5, 5.41) is 11.1. The summed E-state index contributed by atoms with van der Waals surface area (Å²) in [6.07, 6.45) is 2.64. The average molecular weight is 247 g/mol. The maximum atomic E-state index is 13.6. The largest absolute Gasteiger partial charge is 0.384 e. The van der Waals surface area contributed by atoms with Gasteiger partial charge in [-0.2, -0.15) is 0 Å². The number of anilines is 1. The molecule has 1 aromatic rings. The first-order valence-corrected chi connectivity index (χ1v) is 5.88. The van der Waals surface area contributed by atoms with Gasteiger partial charge in [0.25, 0.3) is 0 Å². The number of amides is 1. The van der Waals surface area contributed by atoms with Crippen molar-refractivity contribution in [2.75, 3.05) is 11.9 Å². The molecule has 18 heavy (non-hydrogen) atoms. The zero-order chi connectivity index (χ0) is 13.0. The van der Waals surface area contributed by atoms with Crippen LogP contribution in [0.3, 0.4) is 0 Å². The summed E-state index contributed by atoms with van der Waals surface area (Å²) in [5.74, 6) is 4.86. The molecule has 1 aliphatic carbocycles. The van der Waals surface area contributed by atoms with Gasteiger partial charge in [-0.3, -0.25) is 4.79 Å². The summed E-state index contributed by atoms with van der Waals surface area (Å²) in [4.78, 5) is 11.5. The molecule has 0 bridgehead atoms. The molecule has 0 aliphatic heterocycles. The highest BCUT2D eigenvalue weighted by atomic mass is 19.1. The van der Waals surface area contributed by atoms with Crippen LogP contribution in [0.5, 0.6) is 0 Å². The highest BCUT2D eigenvalue weighted by molar-refractivity contribution is 5.91. The van der Waals surface area contributed by atoms with Gasteiger partial charge < -0.3 is 10.4 Å². The lowest BCUT2D eigenvalue weighted by atomic mass is 10.2. The van der Waals surface area contributed by atoms with Crippen LogP contribution in [-0.2, 0) is 4.79 Å². The molecule has 2 N–H and O–H groups in total. The molecule has 0 spiro atoms. The van der Waals surface area contributed by atoms with Gasteiger partial charge >= 0.3 is 0 Å². The second kappa shape index (κ2) is 5.65. The Morgan fingerprint density at radius 2 is 2.28 bits per heavy atom. The number of carbonyl (C=O) groups is 1. The molecule has 0 radical (unpaired) electrons. The van der Waals surface area contributed by atoms with Crippen molar-refractivity contribution in [2.45, 2.75) is 19.3 Å². The lowest BCUT2D eigenvalue weighted by Gasteiger charge is -2.06. The van der Waals surface area contributed by atoms with Gasteiger partial charge in [0.1, 0.15) is 12.4 Å². The number of carbonyl (C=O) groups excluding carboxylic acids is 1. The number of halogens is 1. The Morgan fingerprint density at radius 1 is 1.50 bits per heavy atom. The third kappa shape index (κ3) is 3.57.